The SMILES string of the molecule is NCC(Cc1cccc(Cl)c1)c1cccc(Oc2ccccc2)c1. The summed E-state index contributed by atoms with van der Waals surface area (Å²) >= 11 is 6.08. The number of halogens is 1. The minimum Gasteiger partial charge on any atom is -0.457 e. The summed E-state index contributed by atoms with van der Waals surface area (Å²) in [6.07, 6.45) is 0.853. The molecule has 0 saturated carbocycles. The van der Waals surface area contributed by atoms with Crippen molar-refractivity contribution in [2.75, 3.05) is 6.54 Å². The zero-order chi connectivity index (χ0) is 16.8. The Morgan fingerprint density at radius 2 is 1.58 bits per heavy atom. The summed E-state index contributed by atoms with van der Waals surface area (Å²) in [5.74, 6) is 1.87. The van der Waals surface area contributed by atoms with Crippen molar-refractivity contribution in [3.63, 3.8) is 0 Å². The van der Waals surface area contributed by atoms with Crippen LogP contribution in [0.2, 0.25) is 5.02 Å². The molecule has 24 heavy (non-hydrogen) atoms. The van der Waals surface area contributed by atoms with Crippen LogP contribution in [0.15, 0.2) is 78.9 Å². The maximum absolute atomic E-state index is 6.08. The lowest BCUT2D eigenvalue weighted by molar-refractivity contribution is 0.481. The average molecular weight is 338 g/mol. The van der Waals surface area contributed by atoms with E-state index >= 15 is 0 Å². The second-order valence-electron chi connectivity index (χ2n) is 5.75. The molecule has 0 heterocycles. The van der Waals surface area contributed by atoms with Crippen LogP contribution < -0.4 is 10.5 Å². The van der Waals surface area contributed by atoms with Gasteiger partial charge in [-0.1, -0.05) is 54.1 Å². The zero-order valence-electron chi connectivity index (χ0n) is 13.4. The molecule has 0 amide bonds. The van der Waals surface area contributed by atoms with Gasteiger partial charge in [0.15, 0.2) is 0 Å². The molecule has 3 heteroatoms. The molecular formula is C21H20ClNO. The van der Waals surface area contributed by atoms with Gasteiger partial charge in [0.1, 0.15) is 11.5 Å². The summed E-state index contributed by atoms with van der Waals surface area (Å²) in [5.41, 5.74) is 8.38. The fourth-order valence-electron chi connectivity index (χ4n) is 2.74. The van der Waals surface area contributed by atoms with Crippen molar-refractivity contribution in [2.45, 2.75) is 12.3 Å². The summed E-state index contributed by atoms with van der Waals surface area (Å²) in [6.45, 7) is 0.571. The Morgan fingerprint density at radius 3 is 2.33 bits per heavy atom. The normalized spacial score (nSPS) is 11.9. The number of para-hydroxylation sites is 1. The summed E-state index contributed by atoms with van der Waals surface area (Å²) in [5, 5.41) is 0.754. The molecular weight excluding hydrogens is 318 g/mol. The highest BCUT2D eigenvalue weighted by Crippen LogP contribution is 2.27. The molecule has 0 aliphatic rings. The van der Waals surface area contributed by atoms with Crippen molar-refractivity contribution in [2.24, 2.45) is 5.73 Å². The standard InChI is InChI=1S/C21H20ClNO/c22-19-8-4-6-16(13-19)12-18(15-23)17-7-5-11-21(14-17)24-20-9-2-1-3-10-20/h1-11,13-14,18H,12,15,23H2. The number of benzene rings is 3. The highest BCUT2D eigenvalue weighted by molar-refractivity contribution is 6.30. The van der Waals surface area contributed by atoms with Gasteiger partial charge in [-0.15, -0.1) is 0 Å². The predicted octanol–water partition coefficient (Wildman–Crippen LogP) is 5.42. The molecule has 3 rings (SSSR count). The van der Waals surface area contributed by atoms with Crippen LogP contribution >= 0.6 is 11.6 Å². The molecule has 1 unspecified atom stereocenters. The minimum absolute atomic E-state index is 0.225. The number of rotatable bonds is 6. The maximum atomic E-state index is 6.08. The van der Waals surface area contributed by atoms with Crippen LogP contribution in [-0.2, 0) is 6.42 Å². The van der Waals surface area contributed by atoms with Gasteiger partial charge in [0, 0.05) is 10.9 Å². The van der Waals surface area contributed by atoms with Crippen LogP contribution in [0.1, 0.15) is 17.0 Å². The van der Waals surface area contributed by atoms with E-state index in [1.165, 1.54) is 11.1 Å². The Morgan fingerprint density at radius 1 is 0.833 bits per heavy atom. The van der Waals surface area contributed by atoms with Crippen molar-refractivity contribution in [1.82, 2.24) is 0 Å². The first kappa shape index (κ1) is 16.6. The number of hydrogen-bond acceptors (Lipinski definition) is 2. The fraction of sp³-hybridized carbons (Fsp3) is 0.143. The van der Waals surface area contributed by atoms with Gasteiger partial charge in [-0.25, -0.2) is 0 Å². The van der Waals surface area contributed by atoms with E-state index in [1.54, 1.807) is 0 Å². The third kappa shape index (κ3) is 4.38. The zero-order valence-corrected chi connectivity index (χ0v) is 14.1. The van der Waals surface area contributed by atoms with E-state index in [2.05, 4.69) is 18.2 Å². The van der Waals surface area contributed by atoms with Crippen molar-refractivity contribution < 1.29 is 4.74 Å². The van der Waals surface area contributed by atoms with Gasteiger partial charge in [0.05, 0.1) is 0 Å². The van der Waals surface area contributed by atoms with Crippen LogP contribution in [0.25, 0.3) is 0 Å². The second kappa shape index (κ2) is 8.00. The quantitative estimate of drug-likeness (QED) is 0.652. The number of nitrogens with two attached hydrogens (primary N) is 1. The molecule has 0 aromatic heterocycles. The van der Waals surface area contributed by atoms with E-state index in [4.69, 9.17) is 22.1 Å². The van der Waals surface area contributed by atoms with Gasteiger partial charge >= 0.3 is 0 Å². The van der Waals surface area contributed by atoms with Gasteiger partial charge in [0.2, 0.25) is 0 Å². The smallest absolute Gasteiger partial charge is 0.127 e. The number of hydrogen-bond donors (Lipinski definition) is 1. The molecule has 122 valence electrons. The minimum atomic E-state index is 0.225. The van der Waals surface area contributed by atoms with E-state index in [-0.39, 0.29) is 5.92 Å². The van der Waals surface area contributed by atoms with E-state index < -0.39 is 0 Å². The first-order valence-electron chi connectivity index (χ1n) is 8.02. The Hall–Kier alpha value is -2.29. The highest BCUT2D eigenvalue weighted by atomic mass is 35.5. The molecule has 0 aliphatic heterocycles. The van der Waals surface area contributed by atoms with Crippen molar-refractivity contribution >= 4 is 11.6 Å². The topological polar surface area (TPSA) is 35.2 Å². The lowest BCUT2D eigenvalue weighted by atomic mass is 9.92. The highest BCUT2D eigenvalue weighted by Gasteiger charge is 2.12. The van der Waals surface area contributed by atoms with Gasteiger partial charge in [0.25, 0.3) is 0 Å². The van der Waals surface area contributed by atoms with E-state index in [1.807, 2.05) is 60.7 Å². The summed E-state index contributed by atoms with van der Waals surface area (Å²) in [7, 11) is 0. The Kier molecular flexibility index (Phi) is 5.52. The van der Waals surface area contributed by atoms with Gasteiger partial charge in [-0.2, -0.15) is 0 Å². The van der Waals surface area contributed by atoms with Crippen LogP contribution in [0, 0.1) is 0 Å². The molecule has 1 atom stereocenters. The van der Waals surface area contributed by atoms with Gasteiger partial charge < -0.3 is 10.5 Å². The van der Waals surface area contributed by atoms with E-state index in [9.17, 15) is 0 Å². The molecule has 0 saturated heterocycles. The first-order valence-corrected chi connectivity index (χ1v) is 8.40. The summed E-state index contributed by atoms with van der Waals surface area (Å²) in [4.78, 5) is 0. The summed E-state index contributed by atoms with van der Waals surface area (Å²) in [6, 6.07) is 25.8. The molecule has 3 aromatic rings. The van der Waals surface area contributed by atoms with Gasteiger partial charge in [-0.3, -0.25) is 0 Å². The lowest BCUT2D eigenvalue weighted by Crippen LogP contribution is -2.15. The maximum Gasteiger partial charge on any atom is 0.127 e. The average Bonchev–Trinajstić information content (AvgIpc) is 2.61. The molecule has 2 N–H and O–H groups in total. The van der Waals surface area contributed by atoms with E-state index in [0.29, 0.717) is 6.54 Å². The van der Waals surface area contributed by atoms with Crippen molar-refractivity contribution in [1.29, 1.82) is 0 Å². The van der Waals surface area contributed by atoms with Crippen LogP contribution in [0.4, 0.5) is 0 Å². The fourth-order valence-corrected chi connectivity index (χ4v) is 2.96. The number of ether oxygens (including phenoxy) is 1. The van der Waals surface area contributed by atoms with Crippen LogP contribution in [0.3, 0.4) is 0 Å². The van der Waals surface area contributed by atoms with Crippen LogP contribution in [-0.4, -0.2) is 6.54 Å². The van der Waals surface area contributed by atoms with Crippen molar-refractivity contribution in [3.8, 4) is 11.5 Å². The van der Waals surface area contributed by atoms with Crippen LogP contribution in [0.5, 0.6) is 11.5 Å². The Balaban J connectivity index is 1.78. The summed E-state index contributed by atoms with van der Waals surface area (Å²) < 4.78 is 5.92. The second-order valence-corrected chi connectivity index (χ2v) is 6.19. The monoisotopic (exact) mass is 337 g/mol. The van der Waals surface area contributed by atoms with E-state index in [0.717, 1.165) is 22.9 Å². The molecule has 3 aromatic carbocycles. The Labute approximate surface area is 147 Å². The third-order valence-corrected chi connectivity index (χ3v) is 4.20. The first-order chi connectivity index (χ1) is 11.7. The predicted molar refractivity (Wildman–Crippen MR) is 99.9 cm³/mol. The molecule has 0 spiro atoms. The molecule has 0 bridgehead atoms. The lowest BCUT2D eigenvalue weighted by Gasteiger charge is -2.17. The Bertz CT molecular complexity index is 789. The molecule has 0 aliphatic carbocycles. The van der Waals surface area contributed by atoms with Crippen molar-refractivity contribution in [3.05, 3.63) is 95.0 Å². The molecule has 0 radical (unpaired) electrons. The largest absolute Gasteiger partial charge is 0.457 e. The third-order valence-electron chi connectivity index (χ3n) is 3.96. The molecule has 2 nitrogen and oxygen atoms in total. The van der Waals surface area contributed by atoms with Gasteiger partial charge in [-0.05, 0) is 60.5 Å². The molecule has 0 fully saturated rings.